The Morgan fingerprint density at radius 3 is 2.50 bits per heavy atom. The number of rotatable bonds is 5. The third-order valence-corrected chi connectivity index (χ3v) is 6.10. The molecule has 2 heterocycles. The van der Waals surface area contributed by atoms with Crippen molar-refractivity contribution in [2.75, 3.05) is 0 Å². The summed E-state index contributed by atoms with van der Waals surface area (Å²) >= 11 is 4.29. The molecule has 7 nitrogen and oxygen atoms in total. The van der Waals surface area contributed by atoms with E-state index >= 15 is 0 Å². The highest BCUT2D eigenvalue weighted by Crippen LogP contribution is 2.35. The number of imide groups is 1. The molecule has 0 spiro atoms. The summed E-state index contributed by atoms with van der Waals surface area (Å²) in [5.41, 5.74) is 1.49. The van der Waals surface area contributed by atoms with E-state index < -0.39 is 4.92 Å². The van der Waals surface area contributed by atoms with Crippen molar-refractivity contribution < 1.29 is 18.9 Å². The van der Waals surface area contributed by atoms with E-state index in [2.05, 4.69) is 15.9 Å². The molecule has 1 fully saturated rings. The normalized spacial score (nSPS) is 15.2. The number of benzene rings is 2. The predicted molar refractivity (Wildman–Crippen MR) is 116 cm³/mol. The molecule has 0 atom stereocenters. The minimum atomic E-state index is -0.471. The van der Waals surface area contributed by atoms with Crippen molar-refractivity contribution in [2.24, 2.45) is 0 Å². The Balaban J connectivity index is 1.53. The van der Waals surface area contributed by atoms with Crippen LogP contribution in [0.1, 0.15) is 11.3 Å². The molecular weight excluding hydrogens is 472 g/mol. The lowest BCUT2D eigenvalue weighted by Crippen LogP contribution is -2.27. The van der Waals surface area contributed by atoms with Gasteiger partial charge in [-0.25, -0.2) is 0 Å². The third kappa shape index (κ3) is 4.07. The Kier molecular flexibility index (Phi) is 5.56. The maximum atomic E-state index is 12.7. The number of amides is 2. The first-order valence-corrected chi connectivity index (χ1v) is 10.4. The number of non-ortho nitro benzene ring substituents is 1. The fraction of sp³-hybridized carbons (Fsp3) is 0.0476. The second kappa shape index (κ2) is 8.29. The molecule has 0 bridgehead atoms. The maximum absolute atomic E-state index is 12.7. The van der Waals surface area contributed by atoms with Gasteiger partial charge in [-0.2, -0.15) is 0 Å². The molecular formula is C21H13BrN2O5S. The van der Waals surface area contributed by atoms with Gasteiger partial charge in [-0.3, -0.25) is 24.6 Å². The first-order valence-electron chi connectivity index (χ1n) is 8.76. The van der Waals surface area contributed by atoms with Crippen LogP contribution in [-0.4, -0.2) is 21.0 Å². The second-order valence-corrected chi connectivity index (χ2v) is 8.21. The van der Waals surface area contributed by atoms with Crippen molar-refractivity contribution in [3.05, 3.63) is 91.5 Å². The molecule has 1 aromatic heterocycles. The zero-order valence-corrected chi connectivity index (χ0v) is 17.7. The highest BCUT2D eigenvalue weighted by atomic mass is 79.9. The van der Waals surface area contributed by atoms with Gasteiger partial charge in [-0.05, 0) is 47.7 Å². The van der Waals surface area contributed by atoms with Crippen LogP contribution in [-0.2, 0) is 11.3 Å². The van der Waals surface area contributed by atoms with Crippen molar-refractivity contribution in [2.45, 2.75) is 6.54 Å². The number of halogens is 1. The minimum Gasteiger partial charge on any atom is -0.457 e. The van der Waals surface area contributed by atoms with Gasteiger partial charge < -0.3 is 4.42 Å². The minimum absolute atomic E-state index is 0.00995. The zero-order chi connectivity index (χ0) is 21.3. The van der Waals surface area contributed by atoms with Crippen LogP contribution in [0.3, 0.4) is 0 Å². The first-order chi connectivity index (χ1) is 14.4. The molecule has 2 amide bonds. The monoisotopic (exact) mass is 484 g/mol. The molecule has 30 heavy (non-hydrogen) atoms. The molecule has 0 saturated carbocycles. The highest BCUT2D eigenvalue weighted by Gasteiger charge is 2.35. The summed E-state index contributed by atoms with van der Waals surface area (Å²) in [6.45, 7) is 0.176. The van der Waals surface area contributed by atoms with E-state index in [-0.39, 0.29) is 28.3 Å². The van der Waals surface area contributed by atoms with Crippen molar-refractivity contribution in [1.82, 2.24) is 4.90 Å². The lowest BCUT2D eigenvalue weighted by molar-refractivity contribution is -0.384. The Morgan fingerprint density at radius 2 is 1.80 bits per heavy atom. The molecule has 1 saturated heterocycles. The van der Waals surface area contributed by atoms with Crippen LogP contribution < -0.4 is 0 Å². The number of carbonyl (C=O) groups is 2. The molecule has 0 unspecified atom stereocenters. The third-order valence-electron chi connectivity index (χ3n) is 4.42. The average Bonchev–Trinajstić information content (AvgIpc) is 3.30. The lowest BCUT2D eigenvalue weighted by atomic mass is 10.1. The van der Waals surface area contributed by atoms with Gasteiger partial charge in [-0.1, -0.05) is 34.1 Å². The Morgan fingerprint density at radius 1 is 1.07 bits per heavy atom. The number of carbonyl (C=O) groups excluding carboxylic acids is 2. The largest absolute Gasteiger partial charge is 0.457 e. The summed E-state index contributed by atoms with van der Waals surface area (Å²) in [5.74, 6) is 0.535. The quantitative estimate of drug-likeness (QED) is 0.256. The van der Waals surface area contributed by atoms with Gasteiger partial charge in [0.25, 0.3) is 16.8 Å². The number of nitro groups is 1. The van der Waals surface area contributed by atoms with Gasteiger partial charge in [0.05, 0.1) is 16.4 Å². The van der Waals surface area contributed by atoms with Crippen LogP contribution in [0.4, 0.5) is 10.5 Å². The van der Waals surface area contributed by atoms with Gasteiger partial charge in [0, 0.05) is 28.2 Å². The summed E-state index contributed by atoms with van der Waals surface area (Å²) in [5, 5.41) is 10.4. The highest BCUT2D eigenvalue weighted by molar-refractivity contribution is 9.10. The molecule has 0 N–H and O–H groups in total. The summed E-state index contributed by atoms with van der Waals surface area (Å²) in [6.07, 6.45) is 1.53. The topological polar surface area (TPSA) is 93.7 Å². The van der Waals surface area contributed by atoms with Crippen LogP contribution in [0.15, 0.2) is 74.5 Å². The summed E-state index contributed by atoms with van der Waals surface area (Å²) < 4.78 is 6.56. The van der Waals surface area contributed by atoms with E-state index in [0.29, 0.717) is 17.1 Å². The zero-order valence-electron chi connectivity index (χ0n) is 15.3. The first kappa shape index (κ1) is 20.1. The lowest BCUT2D eigenvalue weighted by Gasteiger charge is -2.13. The second-order valence-electron chi connectivity index (χ2n) is 6.37. The summed E-state index contributed by atoms with van der Waals surface area (Å²) in [4.78, 5) is 36.8. The van der Waals surface area contributed by atoms with E-state index in [0.717, 1.165) is 21.8 Å². The van der Waals surface area contributed by atoms with Crippen LogP contribution >= 0.6 is 27.7 Å². The Hall–Kier alpha value is -3.17. The number of furan rings is 1. The van der Waals surface area contributed by atoms with Gasteiger partial charge in [0.15, 0.2) is 0 Å². The van der Waals surface area contributed by atoms with E-state index in [1.54, 1.807) is 24.3 Å². The summed E-state index contributed by atoms with van der Waals surface area (Å²) in [7, 11) is 0. The van der Waals surface area contributed by atoms with E-state index in [9.17, 15) is 19.7 Å². The maximum Gasteiger partial charge on any atom is 0.293 e. The molecule has 1 aliphatic heterocycles. The SMILES string of the molecule is O=C1S/C(=C\c2ccc(-c3ccc([N+](=O)[O-])cc3)o2)C(=O)N1Cc1ccccc1Br. The van der Waals surface area contributed by atoms with Gasteiger partial charge in [-0.15, -0.1) is 0 Å². The van der Waals surface area contributed by atoms with Crippen molar-refractivity contribution in [3.8, 4) is 11.3 Å². The van der Waals surface area contributed by atoms with Gasteiger partial charge in [0.1, 0.15) is 11.5 Å². The number of hydrogen-bond acceptors (Lipinski definition) is 6. The van der Waals surface area contributed by atoms with E-state index in [1.807, 2.05) is 24.3 Å². The van der Waals surface area contributed by atoms with Gasteiger partial charge in [0.2, 0.25) is 0 Å². The summed E-state index contributed by atoms with van der Waals surface area (Å²) in [6, 6.07) is 16.8. The Labute approximate surface area is 183 Å². The number of thioether (sulfide) groups is 1. The van der Waals surface area contributed by atoms with Crippen LogP contribution in [0.5, 0.6) is 0 Å². The van der Waals surface area contributed by atoms with Crippen LogP contribution in [0.2, 0.25) is 0 Å². The molecule has 3 aromatic rings. The molecule has 2 aromatic carbocycles. The van der Waals surface area contributed by atoms with Crippen molar-refractivity contribution in [3.63, 3.8) is 0 Å². The smallest absolute Gasteiger partial charge is 0.293 e. The van der Waals surface area contributed by atoms with Crippen molar-refractivity contribution >= 4 is 50.6 Å². The molecule has 9 heteroatoms. The predicted octanol–water partition coefficient (Wildman–Crippen LogP) is 5.85. The fourth-order valence-electron chi connectivity index (χ4n) is 2.90. The van der Waals surface area contributed by atoms with Crippen LogP contribution in [0, 0.1) is 10.1 Å². The number of nitro benzene ring substituents is 1. The number of hydrogen-bond donors (Lipinski definition) is 0. The average molecular weight is 485 g/mol. The fourth-order valence-corrected chi connectivity index (χ4v) is 4.12. The molecule has 1 aliphatic rings. The van der Waals surface area contributed by atoms with Crippen LogP contribution in [0.25, 0.3) is 17.4 Å². The van der Waals surface area contributed by atoms with E-state index in [4.69, 9.17) is 4.42 Å². The van der Waals surface area contributed by atoms with Crippen molar-refractivity contribution in [1.29, 1.82) is 0 Å². The standard InChI is InChI=1S/C21H13BrN2O5S/c22-17-4-2-1-3-14(17)12-23-20(25)19(30-21(23)26)11-16-9-10-18(29-16)13-5-7-15(8-6-13)24(27)28/h1-11H,12H2/b19-11-. The van der Waals surface area contributed by atoms with Gasteiger partial charge >= 0.3 is 0 Å². The molecule has 0 aliphatic carbocycles. The number of nitrogens with zero attached hydrogens (tertiary/aromatic N) is 2. The molecule has 150 valence electrons. The molecule has 0 radical (unpaired) electrons. The molecule has 4 rings (SSSR count). The Bertz CT molecular complexity index is 1190. The van der Waals surface area contributed by atoms with E-state index in [1.165, 1.54) is 23.1 Å².